The number of methoxy groups -OCH3 is 1. The normalized spacial score (nSPS) is 48.8. The van der Waals surface area contributed by atoms with Gasteiger partial charge in [-0.3, -0.25) is 14.4 Å². The van der Waals surface area contributed by atoms with Crippen molar-refractivity contribution in [3.63, 3.8) is 0 Å². The second-order valence-electron chi connectivity index (χ2n) is 14.4. The van der Waals surface area contributed by atoms with Crippen molar-refractivity contribution in [3.8, 4) is 0 Å². The molecule has 0 aromatic rings. The van der Waals surface area contributed by atoms with Gasteiger partial charge in [-0.05, 0) is 90.9 Å². The van der Waals surface area contributed by atoms with Crippen LogP contribution in [0.3, 0.4) is 0 Å². The van der Waals surface area contributed by atoms with Gasteiger partial charge >= 0.3 is 5.97 Å². The first kappa shape index (κ1) is 25.7. The third kappa shape index (κ3) is 3.04. The largest absolute Gasteiger partial charge is 0.515 e. The number of aliphatic hydroxyl groups excluding tert-OH is 1. The quantitative estimate of drug-likeness (QED) is 0.259. The summed E-state index contributed by atoms with van der Waals surface area (Å²) in [5.41, 5.74) is 0.331. The zero-order valence-electron chi connectivity index (χ0n) is 23.2. The Balaban J connectivity index is 1.66. The van der Waals surface area contributed by atoms with Crippen molar-refractivity contribution in [2.24, 2.45) is 50.7 Å². The Bertz CT molecular complexity index is 1080. The van der Waals surface area contributed by atoms with E-state index in [1.54, 1.807) is 0 Å². The average Bonchev–Trinajstić information content (AvgIpc) is 2.82. The Morgan fingerprint density at radius 3 is 2.33 bits per heavy atom. The van der Waals surface area contributed by atoms with Gasteiger partial charge in [0.15, 0.2) is 11.6 Å². The van der Waals surface area contributed by atoms with Gasteiger partial charge in [-0.2, -0.15) is 0 Å². The van der Waals surface area contributed by atoms with Gasteiger partial charge in [-0.25, -0.2) is 0 Å². The van der Waals surface area contributed by atoms with Crippen LogP contribution in [0.1, 0.15) is 92.9 Å². The molecule has 0 unspecified atom stereocenters. The molecule has 0 bridgehead atoms. The standard InChI is InChI=1S/C31H44O5/c1-18-20-8-9-29(5)23(28(20,4)15-19(17-32)25(18)34)14-22(33)24-21-16-27(2,3)10-12-31(21,26(35)36-7)13-11-30(24,29)6/h14,17-18,20-21,24,32H,8-13,15-16H2,1-7H3/b19-17-/t18-,20-,21-,24-,28-,29+,30+,31-/m0/s1. The van der Waals surface area contributed by atoms with Crippen molar-refractivity contribution in [2.45, 2.75) is 92.9 Å². The highest BCUT2D eigenvalue weighted by atomic mass is 16.5. The van der Waals surface area contributed by atoms with E-state index in [1.807, 2.05) is 13.0 Å². The number of hydrogen-bond donors (Lipinski definition) is 1. The van der Waals surface area contributed by atoms with Gasteiger partial charge in [0.1, 0.15) is 0 Å². The lowest BCUT2D eigenvalue weighted by Gasteiger charge is -2.68. The maximum Gasteiger partial charge on any atom is 0.312 e. The van der Waals surface area contributed by atoms with E-state index in [1.165, 1.54) is 12.7 Å². The molecular formula is C31H44O5. The number of hydrogen-bond acceptors (Lipinski definition) is 5. The van der Waals surface area contributed by atoms with Crippen molar-refractivity contribution in [1.29, 1.82) is 0 Å². The first-order valence-electron chi connectivity index (χ1n) is 13.9. The Hall–Kier alpha value is -1.91. The van der Waals surface area contributed by atoms with Crippen LogP contribution in [0.4, 0.5) is 0 Å². The first-order valence-corrected chi connectivity index (χ1v) is 13.9. The number of ketones is 2. The summed E-state index contributed by atoms with van der Waals surface area (Å²) in [6.07, 6.45) is 9.49. The molecule has 198 valence electrons. The lowest BCUT2D eigenvalue weighted by Crippen LogP contribution is -2.65. The molecule has 0 heterocycles. The molecule has 0 aromatic carbocycles. The maximum atomic E-state index is 14.3. The Morgan fingerprint density at radius 2 is 1.69 bits per heavy atom. The number of Topliss-reactive ketones (excluding diaryl/α,β-unsaturated/α-hetero) is 1. The molecule has 0 aromatic heterocycles. The fraction of sp³-hybridized carbons (Fsp3) is 0.774. The molecule has 5 heteroatoms. The number of carbonyl (C=O) groups is 3. The van der Waals surface area contributed by atoms with Crippen LogP contribution in [0, 0.1) is 50.7 Å². The van der Waals surface area contributed by atoms with E-state index < -0.39 is 5.41 Å². The summed E-state index contributed by atoms with van der Waals surface area (Å²) < 4.78 is 5.40. The van der Waals surface area contributed by atoms with Gasteiger partial charge in [0, 0.05) is 17.4 Å². The van der Waals surface area contributed by atoms with Crippen molar-refractivity contribution in [2.75, 3.05) is 7.11 Å². The number of allylic oxidation sites excluding steroid dienone is 3. The molecule has 1 N–H and O–H groups in total. The Morgan fingerprint density at radius 1 is 1.03 bits per heavy atom. The van der Waals surface area contributed by atoms with E-state index in [9.17, 15) is 19.5 Å². The molecule has 5 nitrogen and oxygen atoms in total. The van der Waals surface area contributed by atoms with Crippen LogP contribution in [0.2, 0.25) is 0 Å². The van der Waals surface area contributed by atoms with Crippen LogP contribution >= 0.6 is 0 Å². The first-order chi connectivity index (χ1) is 16.7. The molecule has 5 aliphatic rings. The molecule has 36 heavy (non-hydrogen) atoms. The SMILES string of the molecule is COC(=O)[C@]12CCC(C)(C)C[C@H]1[C@H]1C(=O)C=C3[C@@]4(C)C/C(=C/O)C(=O)[C@@H](C)[C@@H]4CC[C@@]3(C)[C@]1(C)CC2. The van der Waals surface area contributed by atoms with E-state index >= 15 is 0 Å². The monoisotopic (exact) mass is 496 g/mol. The molecule has 5 rings (SSSR count). The Labute approximate surface area is 216 Å². The van der Waals surface area contributed by atoms with Gasteiger partial charge < -0.3 is 9.84 Å². The van der Waals surface area contributed by atoms with E-state index in [0.29, 0.717) is 12.0 Å². The maximum absolute atomic E-state index is 14.3. The summed E-state index contributed by atoms with van der Waals surface area (Å²) in [5, 5.41) is 9.90. The van der Waals surface area contributed by atoms with Crippen LogP contribution in [-0.4, -0.2) is 29.8 Å². The molecule has 0 radical (unpaired) electrons. The minimum atomic E-state index is -0.578. The van der Waals surface area contributed by atoms with Crippen LogP contribution in [0.15, 0.2) is 23.5 Å². The van der Waals surface area contributed by atoms with E-state index in [-0.39, 0.29) is 62.9 Å². The summed E-state index contributed by atoms with van der Waals surface area (Å²) in [5.74, 6) is -0.194. The number of ether oxygens (including phenoxy) is 1. The molecule has 0 saturated heterocycles. The third-order valence-corrected chi connectivity index (χ3v) is 12.4. The van der Waals surface area contributed by atoms with Crippen LogP contribution in [0.25, 0.3) is 0 Å². The topological polar surface area (TPSA) is 80.7 Å². The molecule has 0 aliphatic heterocycles. The van der Waals surface area contributed by atoms with Gasteiger partial charge in [0.05, 0.1) is 18.8 Å². The number of aliphatic hydroxyl groups is 1. The molecule has 4 saturated carbocycles. The summed E-state index contributed by atoms with van der Waals surface area (Å²) in [6.45, 7) is 13.4. The van der Waals surface area contributed by atoms with Crippen molar-refractivity contribution < 1.29 is 24.2 Å². The van der Waals surface area contributed by atoms with Crippen LogP contribution in [0.5, 0.6) is 0 Å². The summed E-state index contributed by atoms with van der Waals surface area (Å²) in [6, 6.07) is 0. The minimum Gasteiger partial charge on any atom is -0.515 e. The van der Waals surface area contributed by atoms with E-state index in [2.05, 4.69) is 34.6 Å². The summed E-state index contributed by atoms with van der Waals surface area (Å²) in [4.78, 5) is 40.6. The average molecular weight is 497 g/mol. The summed E-state index contributed by atoms with van der Waals surface area (Å²) >= 11 is 0. The smallest absolute Gasteiger partial charge is 0.312 e. The van der Waals surface area contributed by atoms with Crippen molar-refractivity contribution in [1.82, 2.24) is 0 Å². The second kappa shape index (κ2) is 7.80. The van der Waals surface area contributed by atoms with Crippen molar-refractivity contribution >= 4 is 17.5 Å². The lowest BCUT2D eigenvalue weighted by molar-refractivity contribution is -0.191. The Kier molecular flexibility index (Phi) is 5.58. The molecule has 5 aliphatic carbocycles. The number of carbonyl (C=O) groups excluding carboxylic acids is 3. The van der Waals surface area contributed by atoms with Crippen LogP contribution in [-0.2, 0) is 19.1 Å². The second-order valence-corrected chi connectivity index (χ2v) is 14.4. The third-order valence-electron chi connectivity index (χ3n) is 12.4. The predicted molar refractivity (Wildman–Crippen MR) is 138 cm³/mol. The molecule has 8 atom stereocenters. The molecule has 0 amide bonds. The minimum absolute atomic E-state index is 0.0279. The number of fused-ring (bicyclic) bond motifs is 7. The van der Waals surface area contributed by atoms with Gasteiger partial charge in [-0.15, -0.1) is 0 Å². The number of esters is 1. The zero-order chi connectivity index (χ0) is 26.5. The van der Waals surface area contributed by atoms with Gasteiger partial charge in [0.25, 0.3) is 0 Å². The fourth-order valence-electron chi connectivity index (χ4n) is 10.1. The van der Waals surface area contributed by atoms with E-state index in [0.717, 1.165) is 51.2 Å². The number of rotatable bonds is 1. The van der Waals surface area contributed by atoms with Crippen molar-refractivity contribution in [3.05, 3.63) is 23.5 Å². The zero-order valence-corrected chi connectivity index (χ0v) is 23.2. The molecule has 4 fully saturated rings. The van der Waals surface area contributed by atoms with Gasteiger partial charge in [0.2, 0.25) is 0 Å². The van der Waals surface area contributed by atoms with E-state index in [4.69, 9.17) is 4.74 Å². The molecular weight excluding hydrogens is 452 g/mol. The highest BCUT2D eigenvalue weighted by Gasteiger charge is 2.70. The molecule has 0 spiro atoms. The fourth-order valence-corrected chi connectivity index (χ4v) is 10.1. The highest BCUT2D eigenvalue weighted by Crippen LogP contribution is 2.74. The van der Waals surface area contributed by atoms with Crippen LogP contribution < -0.4 is 0 Å². The predicted octanol–water partition coefficient (Wildman–Crippen LogP) is 6.37. The summed E-state index contributed by atoms with van der Waals surface area (Å²) in [7, 11) is 1.49. The van der Waals surface area contributed by atoms with Gasteiger partial charge in [-0.1, -0.05) is 47.1 Å². The lowest BCUT2D eigenvalue weighted by atomic mass is 9.34. The highest BCUT2D eigenvalue weighted by molar-refractivity contribution is 5.99.